The zero-order valence-electron chi connectivity index (χ0n) is 9.82. The van der Waals surface area contributed by atoms with Crippen LogP contribution in [0.2, 0.25) is 0 Å². The van der Waals surface area contributed by atoms with Crippen LogP contribution in [0.4, 0.5) is 0 Å². The fourth-order valence-electron chi connectivity index (χ4n) is 2.64. The Balaban J connectivity index is 2.17. The molecule has 1 atom stereocenters. The summed E-state index contributed by atoms with van der Waals surface area (Å²) in [5, 5.41) is 12.5. The Kier molecular flexibility index (Phi) is 4.00. The molecule has 0 spiro atoms. The van der Waals surface area contributed by atoms with Crippen molar-refractivity contribution < 1.29 is 9.84 Å². The van der Waals surface area contributed by atoms with Crippen molar-refractivity contribution in [3.8, 4) is 0 Å². The van der Waals surface area contributed by atoms with Crippen LogP contribution in [0.3, 0.4) is 0 Å². The van der Waals surface area contributed by atoms with E-state index in [4.69, 9.17) is 4.74 Å². The van der Waals surface area contributed by atoms with Crippen LogP contribution in [0.25, 0.3) is 0 Å². The summed E-state index contributed by atoms with van der Waals surface area (Å²) in [4.78, 5) is 1.04. The van der Waals surface area contributed by atoms with Crippen LogP contribution in [0, 0.1) is 0 Å². The minimum Gasteiger partial charge on any atom is -0.385 e. The molecule has 90 valence electrons. The molecule has 0 amide bonds. The van der Waals surface area contributed by atoms with Gasteiger partial charge in [0.25, 0.3) is 0 Å². The van der Waals surface area contributed by atoms with Crippen LogP contribution in [0.15, 0.2) is 17.5 Å². The average Bonchev–Trinajstić information content (AvgIpc) is 2.83. The number of hydrogen-bond acceptors (Lipinski definition) is 3. The first-order chi connectivity index (χ1) is 7.78. The first kappa shape index (κ1) is 12.1. The largest absolute Gasteiger partial charge is 0.385 e. The summed E-state index contributed by atoms with van der Waals surface area (Å²) in [5.74, 6) is 0. The van der Waals surface area contributed by atoms with E-state index in [1.807, 2.05) is 24.4 Å². The number of aliphatic hydroxyl groups is 1. The lowest BCUT2D eigenvalue weighted by atomic mass is 9.80. The molecule has 2 nitrogen and oxygen atoms in total. The fraction of sp³-hybridized carbons (Fsp3) is 0.692. The summed E-state index contributed by atoms with van der Waals surface area (Å²) in [7, 11) is 0. The third-order valence-electron chi connectivity index (χ3n) is 3.44. The normalized spacial score (nSPS) is 21.9. The second-order valence-electron chi connectivity index (χ2n) is 4.48. The number of aliphatic hydroxyl groups excluding tert-OH is 1. The SMILES string of the molecule is CCOC1(C(O)c2cccs2)CCCCC1. The van der Waals surface area contributed by atoms with Gasteiger partial charge in [0.1, 0.15) is 6.10 Å². The highest BCUT2D eigenvalue weighted by molar-refractivity contribution is 7.10. The number of thiophene rings is 1. The minimum atomic E-state index is -0.451. The molecular weight excluding hydrogens is 220 g/mol. The van der Waals surface area contributed by atoms with Crippen molar-refractivity contribution in [2.24, 2.45) is 0 Å². The standard InChI is InChI=1S/C13H20O2S/c1-2-15-13(8-4-3-5-9-13)12(14)11-7-6-10-16-11/h6-7,10,12,14H,2-5,8-9H2,1H3. The van der Waals surface area contributed by atoms with Crippen molar-refractivity contribution in [2.75, 3.05) is 6.61 Å². The zero-order chi connectivity index (χ0) is 11.4. The molecule has 1 unspecified atom stereocenters. The van der Waals surface area contributed by atoms with Crippen LogP contribution in [0.1, 0.15) is 50.0 Å². The lowest BCUT2D eigenvalue weighted by Gasteiger charge is -2.40. The van der Waals surface area contributed by atoms with Crippen molar-refractivity contribution >= 4 is 11.3 Å². The van der Waals surface area contributed by atoms with Gasteiger partial charge in [0, 0.05) is 11.5 Å². The maximum atomic E-state index is 10.5. The summed E-state index contributed by atoms with van der Waals surface area (Å²) in [6, 6.07) is 4.00. The van der Waals surface area contributed by atoms with E-state index in [9.17, 15) is 5.11 Å². The van der Waals surface area contributed by atoms with Gasteiger partial charge in [-0.3, -0.25) is 0 Å². The van der Waals surface area contributed by atoms with Gasteiger partial charge in [0.05, 0.1) is 5.60 Å². The topological polar surface area (TPSA) is 29.5 Å². The van der Waals surface area contributed by atoms with Crippen LogP contribution in [-0.2, 0) is 4.74 Å². The van der Waals surface area contributed by atoms with Crippen LogP contribution >= 0.6 is 11.3 Å². The van der Waals surface area contributed by atoms with E-state index in [0.717, 1.165) is 17.7 Å². The molecule has 2 rings (SSSR count). The number of ether oxygens (including phenoxy) is 1. The highest BCUT2D eigenvalue weighted by Crippen LogP contribution is 2.42. The van der Waals surface area contributed by atoms with Crippen molar-refractivity contribution in [1.82, 2.24) is 0 Å². The fourth-order valence-corrected chi connectivity index (χ4v) is 3.46. The Hall–Kier alpha value is -0.380. The average molecular weight is 240 g/mol. The van der Waals surface area contributed by atoms with Gasteiger partial charge in [-0.05, 0) is 31.2 Å². The lowest BCUT2D eigenvalue weighted by Crippen LogP contribution is -2.41. The van der Waals surface area contributed by atoms with E-state index in [2.05, 4.69) is 0 Å². The van der Waals surface area contributed by atoms with Gasteiger partial charge in [-0.2, -0.15) is 0 Å². The van der Waals surface area contributed by atoms with E-state index >= 15 is 0 Å². The molecule has 1 heterocycles. The maximum Gasteiger partial charge on any atom is 0.117 e. The lowest BCUT2D eigenvalue weighted by molar-refractivity contribution is -0.140. The molecule has 0 aromatic carbocycles. The Labute approximate surface area is 101 Å². The second-order valence-corrected chi connectivity index (χ2v) is 5.46. The molecule has 3 heteroatoms. The van der Waals surface area contributed by atoms with Crippen LogP contribution < -0.4 is 0 Å². The molecular formula is C13H20O2S. The molecule has 1 aromatic rings. The van der Waals surface area contributed by atoms with Crippen LogP contribution in [0.5, 0.6) is 0 Å². The molecule has 1 saturated carbocycles. The van der Waals surface area contributed by atoms with E-state index in [1.54, 1.807) is 11.3 Å². The van der Waals surface area contributed by atoms with Crippen molar-refractivity contribution in [3.05, 3.63) is 22.4 Å². The van der Waals surface area contributed by atoms with Gasteiger partial charge in [-0.1, -0.05) is 25.3 Å². The van der Waals surface area contributed by atoms with Gasteiger partial charge < -0.3 is 9.84 Å². The number of hydrogen-bond donors (Lipinski definition) is 1. The third kappa shape index (κ3) is 2.31. The molecule has 0 bridgehead atoms. The van der Waals surface area contributed by atoms with Crippen molar-refractivity contribution in [2.45, 2.75) is 50.7 Å². The molecule has 1 N–H and O–H groups in total. The summed E-state index contributed by atoms with van der Waals surface area (Å²) < 4.78 is 5.91. The van der Waals surface area contributed by atoms with E-state index < -0.39 is 6.10 Å². The van der Waals surface area contributed by atoms with Crippen molar-refractivity contribution in [1.29, 1.82) is 0 Å². The number of rotatable bonds is 4. The highest BCUT2D eigenvalue weighted by Gasteiger charge is 2.40. The van der Waals surface area contributed by atoms with Gasteiger partial charge in [0.2, 0.25) is 0 Å². The zero-order valence-corrected chi connectivity index (χ0v) is 10.6. The Morgan fingerprint density at radius 3 is 2.75 bits per heavy atom. The molecule has 0 aliphatic heterocycles. The summed E-state index contributed by atoms with van der Waals surface area (Å²) in [6.45, 7) is 2.69. The molecule has 1 fully saturated rings. The van der Waals surface area contributed by atoms with E-state index in [-0.39, 0.29) is 5.60 Å². The van der Waals surface area contributed by atoms with Gasteiger partial charge >= 0.3 is 0 Å². The Morgan fingerprint density at radius 2 is 2.19 bits per heavy atom. The molecule has 1 aromatic heterocycles. The predicted molar refractivity (Wildman–Crippen MR) is 66.7 cm³/mol. The summed E-state index contributed by atoms with van der Waals surface area (Å²) in [6.07, 6.45) is 5.13. The van der Waals surface area contributed by atoms with Crippen molar-refractivity contribution in [3.63, 3.8) is 0 Å². The first-order valence-corrected chi connectivity index (χ1v) is 7.02. The maximum absolute atomic E-state index is 10.5. The second kappa shape index (κ2) is 5.30. The first-order valence-electron chi connectivity index (χ1n) is 6.14. The van der Waals surface area contributed by atoms with Gasteiger partial charge in [-0.15, -0.1) is 11.3 Å². The van der Waals surface area contributed by atoms with Gasteiger partial charge in [0.15, 0.2) is 0 Å². The summed E-state index contributed by atoms with van der Waals surface area (Å²) in [5.41, 5.74) is -0.322. The Morgan fingerprint density at radius 1 is 1.44 bits per heavy atom. The molecule has 16 heavy (non-hydrogen) atoms. The van der Waals surface area contributed by atoms with E-state index in [1.165, 1.54) is 19.3 Å². The summed E-state index contributed by atoms with van der Waals surface area (Å²) >= 11 is 1.62. The molecule has 0 saturated heterocycles. The minimum absolute atomic E-state index is 0.322. The highest BCUT2D eigenvalue weighted by atomic mass is 32.1. The molecule has 1 aliphatic carbocycles. The quantitative estimate of drug-likeness (QED) is 0.872. The van der Waals surface area contributed by atoms with Gasteiger partial charge in [-0.25, -0.2) is 0 Å². The molecule has 0 radical (unpaired) electrons. The molecule has 1 aliphatic rings. The van der Waals surface area contributed by atoms with Crippen LogP contribution in [-0.4, -0.2) is 17.3 Å². The van der Waals surface area contributed by atoms with E-state index in [0.29, 0.717) is 6.61 Å². The monoisotopic (exact) mass is 240 g/mol. The predicted octanol–water partition coefficient (Wildman–Crippen LogP) is 3.52. The third-order valence-corrected chi connectivity index (χ3v) is 4.37. The Bertz CT molecular complexity index is 296. The smallest absolute Gasteiger partial charge is 0.117 e.